The van der Waals surface area contributed by atoms with Gasteiger partial charge >= 0.3 is 5.97 Å². The molecule has 1 atom stereocenters. The lowest BCUT2D eigenvalue weighted by atomic mass is 10.0. The van der Waals surface area contributed by atoms with Crippen LogP contribution in [0.1, 0.15) is 77.6 Å². The minimum absolute atomic E-state index is 0.0603. The number of ketones is 1. The van der Waals surface area contributed by atoms with E-state index in [1.165, 1.54) is 37.5 Å². The Morgan fingerprint density at radius 3 is 2.31 bits per heavy atom. The summed E-state index contributed by atoms with van der Waals surface area (Å²) in [5, 5.41) is 0. The molecule has 3 N–H and O–H groups in total. The molecule has 0 heterocycles. The van der Waals surface area contributed by atoms with Crippen LogP contribution in [-0.4, -0.2) is 30.8 Å². The van der Waals surface area contributed by atoms with E-state index in [0.717, 1.165) is 25.3 Å². The van der Waals surface area contributed by atoms with Crippen molar-refractivity contribution in [1.29, 1.82) is 0 Å². The van der Waals surface area contributed by atoms with Crippen molar-refractivity contribution in [3.05, 3.63) is 24.3 Å². The fourth-order valence-electron chi connectivity index (χ4n) is 2.98. The normalized spacial score (nSPS) is 12.5. The summed E-state index contributed by atoms with van der Waals surface area (Å²) >= 11 is 0. The van der Waals surface area contributed by atoms with Gasteiger partial charge in [0.25, 0.3) is 10.1 Å². The molecule has 0 aliphatic heterocycles. The van der Waals surface area contributed by atoms with Crippen LogP contribution in [0, 0.1) is 0 Å². The molecule has 164 valence electrons. The molecular weight excluding hydrogens is 394 g/mol. The van der Waals surface area contributed by atoms with Gasteiger partial charge in [0, 0.05) is 12.8 Å². The monoisotopic (exact) mass is 427 g/mol. The number of Topliss-reactive ketones (excluding diaryl/α,β-unsaturated/α-hetero) is 1. The van der Waals surface area contributed by atoms with Crippen LogP contribution in [0.3, 0.4) is 0 Å². The van der Waals surface area contributed by atoms with Gasteiger partial charge < -0.3 is 10.5 Å². The van der Waals surface area contributed by atoms with Gasteiger partial charge in [-0.25, -0.2) is 0 Å². The Balaban J connectivity index is 2.26. The van der Waals surface area contributed by atoms with Crippen LogP contribution in [0.2, 0.25) is 0 Å². The SMILES string of the molecule is CCCCCCCCC(=O)C(N)CCCCC(=O)Oc1ccccc1S(=O)(=O)O. The summed E-state index contributed by atoms with van der Waals surface area (Å²) in [4.78, 5) is 23.5. The summed E-state index contributed by atoms with van der Waals surface area (Å²) in [5.41, 5.74) is 5.93. The van der Waals surface area contributed by atoms with Crippen molar-refractivity contribution < 1.29 is 27.3 Å². The molecule has 0 aromatic heterocycles. The number of hydrogen-bond acceptors (Lipinski definition) is 6. The van der Waals surface area contributed by atoms with Crippen LogP contribution >= 0.6 is 0 Å². The molecule has 0 bridgehead atoms. The second-order valence-corrected chi connectivity index (χ2v) is 8.62. The lowest BCUT2D eigenvalue weighted by Crippen LogP contribution is -2.30. The summed E-state index contributed by atoms with van der Waals surface area (Å²) in [6, 6.07) is 4.88. The number of hydrogen-bond donors (Lipinski definition) is 2. The molecule has 1 aromatic rings. The largest absolute Gasteiger partial charge is 0.425 e. The van der Waals surface area contributed by atoms with Gasteiger partial charge in [0.15, 0.2) is 5.75 Å². The van der Waals surface area contributed by atoms with Crippen molar-refractivity contribution in [1.82, 2.24) is 0 Å². The minimum Gasteiger partial charge on any atom is -0.425 e. The smallest absolute Gasteiger partial charge is 0.311 e. The van der Waals surface area contributed by atoms with Crippen LogP contribution in [0.5, 0.6) is 5.75 Å². The Kier molecular flexibility index (Phi) is 11.7. The number of unbranched alkanes of at least 4 members (excludes halogenated alkanes) is 6. The zero-order chi connectivity index (χ0) is 21.7. The third kappa shape index (κ3) is 10.5. The third-order valence-electron chi connectivity index (χ3n) is 4.69. The summed E-state index contributed by atoms with van der Waals surface area (Å²) in [7, 11) is -4.47. The Hall–Kier alpha value is -1.77. The second-order valence-electron chi connectivity index (χ2n) is 7.23. The van der Waals surface area contributed by atoms with E-state index in [9.17, 15) is 18.0 Å². The molecule has 7 nitrogen and oxygen atoms in total. The number of ether oxygens (including phenoxy) is 1. The van der Waals surface area contributed by atoms with Crippen molar-refractivity contribution in [3.63, 3.8) is 0 Å². The van der Waals surface area contributed by atoms with Gasteiger partial charge in [0.1, 0.15) is 10.7 Å². The highest BCUT2D eigenvalue weighted by Gasteiger charge is 2.18. The first-order valence-corrected chi connectivity index (χ1v) is 11.7. The molecule has 0 aliphatic rings. The van der Waals surface area contributed by atoms with E-state index in [-0.39, 0.29) is 18.0 Å². The first-order chi connectivity index (χ1) is 13.8. The molecule has 1 rings (SSSR count). The fraction of sp³-hybridized carbons (Fsp3) is 0.619. The number of carbonyl (C=O) groups excluding carboxylic acids is 2. The lowest BCUT2D eigenvalue weighted by molar-refractivity contribution is -0.134. The average molecular weight is 428 g/mol. The number of para-hydroxylation sites is 1. The number of esters is 1. The molecule has 1 unspecified atom stereocenters. The maximum absolute atomic E-state index is 12.0. The van der Waals surface area contributed by atoms with Crippen molar-refractivity contribution in [2.75, 3.05) is 0 Å². The number of nitrogens with two attached hydrogens (primary N) is 1. The molecule has 1 aromatic carbocycles. The topological polar surface area (TPSA) is 124 Å². The summed E-state index contributed by atoms with van der Waals surface area (Å²) in [5.74, 6) is -0.746. The lowest BCUT2D eigenvalue weighted by Gasteiger charge is -2.11. The first-order valence-electron chi connectivity index (χ1n) is 10.3. The van der Waals surface area contributed by atoms with E-state index in [0.29, 0.717) is 25.7 Å². The zero-order valence-corrected chi connectivity index (χ0v) is 18.0. The minimum atomic E-state index is -4.47. The van der Waals surface area contributed by atoms with E-state index in [2.05, 4.69) is 6.92 Å². The molecule has 29 heavy (non-hydrogen) atoms. The number of carbonyl (C=O) groups is 2. The Morgan fingerprint density at radius 1 is 1.00 bits per heavy atom. The van der Waals surface area contributed by atoms with E-state index in [4.69, 9.17) is 15.0 Å². The van der Waals surface area contributed by atoms with Crippen LogP contribution < -0.4 is 10.5 Å². The van der Waals surface area contributed by atoms with Crippen molar-refractivity contribution in [2.45, 2.75) is 88.5 Å². The van der Waals surface area contributed by atoms with Gasteiger partial charge in [0.05, 0.1) is 6.04 Å². The highest BCUT2D eigenvalue weighted by Crippen LogP contribution is 2.23. The standard InChI is InChI=1S/C21H33NO6S/c1-2-3-4-5-6-7-13-18(23)17(22)12-8-11-16-21(24)28-19-14-9-10-15-20(19)29(25,26)27/h9-10,14-15,17H,2-8,11-13,16,22H2,1H3,(H,25,26,27). The Bertz CT molecular complexity index is 747. The molecule has 0 aliphatic carbocycles. The average Bonchev–Trinajstić information content (AvgIpc) is 2.67. The summed E-state index contributed by atoms with van der Waals surface area (Å²) in [6.45, 7) is 2.17. The zero-order valence-electron chi connectivity index (χ0n) is 17.1. The maximum atomic E-state index is 12.0. The molecule has 0 saturated carbocycles. The van der Waals surface area contributed by atoms with Gasteiger partial charge in [-0.3, -0.25) is 14.1 Å². The second kappa shape index (κ2) is 13.5. The van der Waals surface area contributed by atoms with Crippen LogP contribution in [0.4, 0.5) is 0 Å². The molecular formula is C21H33NO6S. The Morgan fingerprint density at radius 2 is 1.62 bits per heavy atom. The fourth-order valence-corrected chi connectivity index (χ4v) is 3.60. The summed E-state index contributed by atoms with van der Waals surface area (Å²) < 4.78 is 36.8. The third-order valence-corrected chi connectivity index (χ3v) is 5.58. The summed E-state index contributed by atoms with van der Waals surface area (Å²) in [6.07, 6.45) is 8.86. The predicted octanol–water partition coefficient (Wildman–Crippen LogP) is 4.05. The van der Waals surface area contributed by atoms with Gasteiger partial charge in [0.2, 0.25) is 0 Å². The predicted molar refractivity (Wildman–Crippen MR) is 111 cm³/mol. The molecule has 0 fully saturated rings. The van der Waals surface area contributed by atoms with Crippen molar-refractivity contribution in [3.8, 4) is 5.75 Å². The number of rotatable bonds is 15. The molecule has 0 amide bonds. The van der Waals surface area contributed by atoms with Crippen LogP contribution in [-0.2, 0) is 19.7 Å². The molecule has 8 heteroatoms. The maximum Gasteiger partial charge on any atom is 0.311 e. The molecule has 0 radical (unpaired) electrons. The van der Waals surface area contributed by atoms with Gasteiger partial charge in [-0.2, -0.15) is 8.42 Å². The van der Waals surface area contributed by atoms with Crippen LogP contribution in [0.25, 0.3) is 0 Å². The highest BCUT2D eigenvalue weighted by atomic mass is 32.2. The molecule has 0 spiro atoms. The Labute approximate surface area is 173 Å². The van der Waals surface area contributed by atoms with E-state index in [1.54, 1.807) is 0 Å². The van der Waals surface area contributed by atoms with Gasteiger partial charge in [-0.05, 0) is 31.4 Å². The molecule has 0 saturated heterocycles. The number of benzene rings is 1. The highest BCUT2D eigenvalue weighted by molar-refractivity contribution is 7.86. The first kappa shape index (κ1) is 25.3. The van der Waals surface area contributed by atoms with E-state index in [1.807, 2.05) is 0 Å². The quantitative estimate of drug-likeness (QED) is 0.187. The van der Waals surface area contributed by atoms with Crippen molar-refractivity contribution in [2.24, 2.45) is 5.73 Å². The van der Waals surface area contributed by atoms with Gasteiger partial charge in [-0.1, -0.05) is 57.6 Å². The van der Waals surface area contributed by atoms with Crippen molar-refractivity contribution >= 4 is 21.9 Å². The van der Waals surface area contributed by atoms with E-state index < -0.39 is 27.0 Å². The van der Waals surface area contributed by atoms with E-state index >= 15 is 0 Å². The van der Waals surface area contributed by atoms with Crippen LogP contribution in [0.15, 0.2) is 29.2 Å². The van der Waals surface area contributed by atoms with Gasteiger partial charge in [-0.15, -0.1) is 0 Å².